The van der Waals surface area contributed by atoms with Crippen LogP contribution in [0.1, 0.15) is 26.3 Å². The first kappa shape index (κ1) is 12.9. The molecule has 0 aliphatic rings. The maximum absolute atomic E-state index is 11.6. The van der Waals surface area contributed by atoms with Crippen molar-refractivity contribution >= 4 is 21.7 Å². The van der Waals surface area contributed by atoms with Gasteiger partial charge < -0.3 is 0 Å². The van der Waals surface area contributed by atoms with E-state index in [1.807, 2.05) is 31.2 Å². The number of Topliss-reactive ketones (excluding diaryl/α,β-unsaturated/α-hetero) is 1. The van der Waals surface area contributed by atoms with Gasteiger partial charge in [0.1, 0.15) is 6.04 Å². The zero-order valence-electron chi connectivity index (χ0n) is 10.2. The molecule has 0 fully saturated rings. The van der Waals surface area contributed by atoms with E-state index in [1.54, 1.807) is 6.92 Å². The van der Waals surface area contributed by atoms with Gasteiger partial charge in [-0.3, -0.25) is 4.79 Å². The molecule has 1 atom stereocenters. The molecule has 0 aliphatic carbocycles. The predicted octanol–water partition coefficient (Wildman–Crippen LogP) is 2.64. The largest absolute Gasteiger partial charge is 0.297 e. The molecule has 0 saturated carbocycles. The first-order chi connectivity index (χ1) is 8.61. The van der Waals surface area contributed by atoms with Gasteiger partial charge in [-0.05, 0) is 36.4 Å². The molecular formula is C12H13BrN4O. The van der Waals surface area contributed by atoms with E-state index in [9.17, 15) is 4.79 Å². The van der Waals surface area contributed by atoms with E-state index >= 15 is 0 Å². The molecule has 0 bridgehead atoms. The standard InChI is InChI=1S/C12H13BrN4O/c1-3-11(18)8(2)17-15-12(14-16-17)9-4-6-10(13)7-5-9/h4-8H,3H2,1-2H3. The quantitative estimate of drug-likeness (QED) is 0.871. The second-order valence-electron chi connectivity index (χ2n) is 3.94. The third-order valence-corrected chi connectivity index (χ3v) is 3.22. The first-order valence-electron chi connectivity index (χ1n) is 5.70. The molecular weight excluding hydrogens is 296 g/mol. The van der Waals surface area contributed by atoms with Gasteiger partial charge in [0.05, 0.1) is 0 Å². The third kappa shape index (κ3) is 2.64. The van der Waals surface area contributed by atoms with E-state index in [1.165, 1.54) is 4.80 Å². The van der Waals surface area contributed by atoms with Gasteiger partial charge in [-0.15, -0.1) is 10.2 Å². The topological polar surface area (TPSA) is 60.7 Å². The highest BCUT2D eigenvalue weighted by molar-refractivity contribution is 9.10. The lowest BCUT2D eigenvalue weighted by molar-refractivity contribution is -0.122. The van der Waals surface area contributed by atoms with Crippen LogP contribution in [0.4, 0.5) is 0 Å². The molecule has 0 radical (unpaired) electrons. The van der Waals surface area contributed by atoms with Crippen LogP contribution < -0.4 is 0 Å². The van der Waals surface area contributed by atoms with E-state index < -0.39 is 0 Å². The van der Waals surface area contributed by atoms with Gasteiger partial charge in [0.25, 0.3) is 0 Å². The molecule has 5 nitrogen and oxygen atoms in total. The number of benzene rings is 1. The summed E-state index contributed by atoms with van der Waals surface area (Å²) in [5, 5.41) is 12.1. The summed E-state index contributed by atoms with van der Waals surface area (Å²) in [6.07, 6.45) is 0.469. The Balaban J connectivity index is 2.25. The molecule has 1 unspecified atom stereocenters. The molecule has 6 heteroatoms. The van der Waals surface area contributed by atoms with Crippen molar-refractivity contribution in [2.24, 2.45) is 0 Å². The van der Waals surface area contributed by atoms with Crippen LogP contribution >= 0.6 is 15.9 Å². The molecule has 1 heterocycles. The Kier molecular flexibility index (Phi) is 3.86. The van der Waals surface area contributed by atoms with Crippen molar-refractivity contribution in [1.29, 1.82) is 0 Å². The van der Waals surface area contributed by atoms with Gasteiger partial charge in [-0.2, -0.15) is 4.80 Å². The number of rotatable bonds is 4. The predicted molar refractivity (Wildman–Crippen MR) is 71.0 cm³/mol. The van der Waals surface area contributed by atoms with Crippen LogP contribution in [-0.2, 0) is 4.79 Å². The van der Waals surface area contributed by atoms with Crippen LogP contribution in [0.25, 0.3) is 11.4 Å². The lowest BCUT2D eigenvalue weighted by atomic mass is 10.2. The molecule has 0 spiro atoms. The van der Waals surface area contributed by atoms with Gasteiger partial charge in [-0.25, -0.2) is 0 Å². The van der Waals surface area contributed by atoms with Gasteiger partial charge in [0.15, 0.2) is 5.78 Å². The summed E-state index contributed by atoms with van der Waals surface area (Å²) < 4.78 is 0.994. The molecule has 18 heavy (non-hydrogen) atoms. The number of halogens is 1. The fourth-order valence-electron chi connectivity index (χ4n) is 1.53. The second kappa shape index (κ2) is 5.39. The Morgan fingerprint density at radius 3 is 2.67 bits per heavy atom. The zero-order chi connectivity index (χ0) is 13.1. The van der Waals surface area contributed by atoms with Crippen LogP contribution in [0.3, 0.4) is 0 Å². The molecule has 2 rings (SSSR count). The number of carbonyl (C=O) groups excluding carboxylic acids is 1. The van der Waals surface area contributed by atoms with Crippen molar-refractivity contribution < 1.29 is 4.79 Å². The molecule has 0 amide bonds. The van der Waals surface area contributed by atoms with E-state index in [-0.39, 0.29) is 11.8 Å². The lowest BCUT2D eigenvalue weighted by Crippen LogP contribution is -2.18. The summed E-state index contributed by atoms with van der Waals surface area (Å²) in [6, 6.07) is 7.26. The summed E-state index contributed by atoms with van der Waals surface area (Å²) >= 11 is 3.37. The molecule has 0 saturated heterocycles. The molecule has 0 aliphatic heterocycles. The fraction of sp³-hybridized carbons (Fsp3) is 0.333. The summed E-state index contributed by atoms with van der Waals surface area (Å²) in [5.74, 6) is 0.619. The van der Waals surface area contributed by atoms with E-state index in [0.717, 1.165) is 10.0 Å². The van der Waals surface area contributed by atoms with Gasteiger partial charge in [0, 0.05) is 16.5 Å². The zero-order valence-corrected chi connectivity index (χ0v) is 11.8. The van der Waals surface area contributed by atoms with Crippen molar-refractivity contribution in [1.82, 2.24) is 20.2 Å². The number of tetrazole rings is 1. The normalized spacial score (nSPS) is 12.4. The fourth-order valence-corrected chi connectivity index (χ4v) is 1.79. The van der Waals surface area contributed by atoms with Crippen molar-refractivity contribution in [2.75, 3.05) is 0 Å². The molecule has 1 aromatic heterocycles. The molecule has 1 aromatic carbocycles. The highest BCUT2D eigenvalue weighted by Crippen LogP contribution is 2.18. The number of hydrogen-bond acceptors (Lipinski definition) is 4. The Bertz CT molecular complexity index is 549. The summed E-state index contributed by atoms with van der Waals surface area (Å²) in [5.41, 5.74) is 0.876. The van der Waals surface area contributed by atoms with Crippen molar-refractivity contribution in [2.45, 2.75) is 26.3 Å². The van der Waals surface area contributed by atoms with Gasteiger partial charge >= 0.3 is 0 Å². The minimum atomic E-state index is -0.369. The second-order valence-corrected chi connectivity index (χ2v) is 4.85. The Hall–Kier alpha value is -1.56. The summed E-state index contributed by atoms with van der Waals surface area (Å²) in [4.78, 5) is 12.9. The van der Waals surface area contributed by atoms with Crippen LogP contribution in [0, 0.1) is 0 Å². The summed E-state index contributed by atoms with van der Waals surface area (Å²) in [7, 11) is 0. The van der Waals surface area contributed by atoms with E-state index in [2.05, 4.69) is 31.3 Å². The Morgan fingerprint density at radius 1 is 1.39 bits per heavy atom. The van der Waals surface area contributed by atoms with Crippen LogP contribution in [0.5, 0.6) is 0 Å². The van der Waals surface area contributed by atoms with Crippen molar-refractivity contribution in [3.63, 3.8) is 0 Å². The average Bonchev–Trinajstić information content (AvgIpc) is 2.87. The number of carbonyl (C=O) groups is 1. The van der Waals surface area contributed by atoms with Gasteiger partial charge in [-0.1, -0.05) is 22.9 Å². The van der Waals surface area contributed by atoms with Gasteiger partial charge in [0.2, 0.25) is 5.82 Å². The highest BCUT2D eigenvalue weighted by Gasteiger charge is 2.16. The Morgan fingerprint density at radius 2 is 2.06 bits per heavy atom. The number of hydrogen-bond donors (Lipinski definition) is 0. The first-order valence-corrected chi connectivity index (χ1v) is 6.49. The molecule has 2 aromatic rings. The van der Waals surface area contributed by atoms with E-state index in [4.69, 9.17) is 0 Å². The molecule has 0 N–H and O–H groups in total. The maximum Gasteiger partial charge on any atom is 0.204 e. The number of nitrogens with zero attached hydrogens (tertiary/aromatic N) is 4. The monoisotopic (exact) mass is 308 g/mol. The minimum absolute atomic E-state index is 0.0924. The molecule has 94 valence electrons. The minimum Gasteiger partial charge on any atom is -0.297 e. The highest BCUT2D eigenvalue weighted by atomic mass is 79.9. The van der Waals surface area contributed by atoms with Crippen LogP contribution in [0.2, 0.25) is 0 Å². The maximum atomic E-state index is 11.6. The third-order valence-electron chi connectivity index (χ3n) is 2.69. The van der Waals surface area contributed by atoms with Crippen LogP contribution in [-0.4, -0.2) is 26.0 Å². The number of ketones is 1. The lowest BCUT2D eigenvalue weighted by Gasteiger charge is -2.05. The van der Waals surface area contributed by atoms with Crippen molar-refractivity contribution in [3.05, 3.63) is 28.7 Å². The smallest absolute Gasteiger partial charge is 0.204 e. The van der Waals surface area contributed by atoms with E-state index in [0.29, 0.717) is 12.2 Å². The summed E-state index contributed by atoms with van der Waals surface area (Å²) in [6.45, 7) is 3.60. The Labute approximate surface area is 113 Å². The van der Waals surface area contributed by atoms with Crippen molar-refractivity contribution in [3.8, 4) is 11.4 Å². The van der Waals surface area contributed by atoms with Crippen LogP contribution in [0.15, 0.2) is 28.7 Å². The number of aromatic nitrogens is 4. The SMILES string of the molecule is CCC(=O)C(C)n1nnc(-c2ccc(Br)cc2)n1. The average molecular weight is 309 g/mol.